The van der Waals surface area contributed by atoms with Crippen molar-refractivity contribution in [2.24, 2.45) is 4.99 Å². The zero-order valence-electron chi connectivity index (χ0n) is 15.4. The first-order valence-electron chi connectivity index (χ1n) is 8.77. The van der Waals surface area contributed by atoms with Gasteiger partial charge in [0.1, 0.15) is 23.7 Å². The van der Waals surface area contributed by atoms with Crippen LogP contribution < -0.4 is 4.57 Å². The van der Waals surface area contributed by atoms with Gasteiger partial charge in [0.15, 0.2) is 0 Å². The molecule has 2 aromatic rings. The Bertz CT molecular complexity index is 925. The molecule has 0 spiro atoms. The molecular formula is C18H22N5O3+. The molecule has 1 unspecified atom stereocenters. The average molecular weight is 356 g/mol. The molecule has 8 heteroatoms. The highest BCUT2D eigenvalue weighted by molar-refractivity contribution is 6.20. The topological polar surface area (TPSA) is 74.9 Å². The second kappa shape index (κ2) is 5.82. The fraction of sp³-hybridized carbons (Fsp3) is 0.444. The van der Waals surface area contributed by atoms with E-state index in [4.69, 9.17) is 4.42 Å². The second-order valence-corrected chi connectivity index (χ2v) is 6.71. The number of amides is 3. The molecule has 4 rings (SSSR count). The molecule has 2 aliphatic rings. The van der Waals surface area contributed by atoms with Gasteiger partial charge in [-0.25, -0.2) is 13.9 Å². The third-order valence-corrected chi connectivity index (χ3v) is 5.17. The van der Waals surface area contributed by atoms with E-state index < -0.39 is 6.04 Å². The molecule has 0 saturated carbocycles. The van der Waals surface area contributed by atoms with E-state index >= 15 is 0 Å². The quantitative estimate of drug-likeness (QED) is 0.786. The Morgan fingerprint density at radius 2 is 2.08 bits per heavy atom. The maximum absolute atomic E-state index is 13.1. The SMILES string of the molecule is CCCN1C(=O)C2C(=Nc3n2c(C)c(C)[n+]3Cc2ccco2)N(C)C1=O. The van der Waals surface area contributed by atoms with E-state index in [1.165, 1.54) is 9.80 Å². The summed E-state index contributed by atoms with van der Waals surface area (Å²) in [7, 11) is 1.68. The number of amidine groups is 1. The average Bonchev–Trinajstić information content (AvgIpc) is 3.31. The highest BCUT2D eigenvalue weighted by atomic mass is 16.3. The van der Waals surface area contributed by atoms with Crippen LogP contribution in [0.15, 0.2) is 27.8 Å². The number of hydrogen-bond donors (Lipinski definition) is 0. The van der Waals surface area contributed by atoms with Gasteiger partial charge in [-0.15, -0.1) is 0 Å². The normalized spacial score (nSPS) is 19.1. The summed E-state index contributed by atoms with van der Waals surface area (Å²) in [4.78, 5) is 33.1. The number of likely N-dealkylation sites (N-methyl/N-ethyl adjacent to an activating group) is 1. The summed E-state index contributed by atoms with van der Waals surface area (Å²) in [5.41, 5.74) is 1.98. The minimum absolute atomic E-state index is 0.212. The highest BCUT2D eigenvalue weighted by Crippen LogP contribution is 2.35. The summed E-state index contributed by atoms with van der Waals surface area (Å²) in [5.74, 6) is 1.75. The summed E-state index contributed by atoms with van der Waals surface area (Å²) >= 11 is 0. The van der Waals surface area contributed by atoms with Crippen LogP contribution in [0.25, 0.3) is 0 Å². The second-order valence-electron chi connectivity index (χ2n) is 6.71. The maximum atomic E-state index is 13.1. The molecule has 1 atom stereocenters. The van der Waals surface area contributed by atoms with Crippen molar-refractivity contribution in [2.45, 2.75) is 39.8 Å². The molecule has 2 aromatic heterocycles. The molecule has 1 saturated heterocycles. The predicted molar refractivity (Wildman–Crippen MR) is 93.2 cm³/mol. The Hall–Kier alpha value is -2.90. The van der Waals surface area contributed by atoms with Gasteiger partial charge in [-0.1, -0.05) is 11.9 Å². The number of aromatic nitrogens is 2. The van der Waals surface area contributed by atoms with E-state index in [1.807, 2.05) is 42.0 Å². The molecule has 3 amide bonds. The lowest BCUT2D eigenvalue weighted by atomic mass is 10.1. The van der Waals surface area contributed by atoms with Crippen LogP contribution in [-0.4, -0.2) is 45.7 Å². The predicted octanol–water partition coefficient (Wildman–Crippen LogP) is 1.92. The number of urea groups is 1. The smallest absolute Gasteiger partial charge is 0.402 e. The molecule has 26 heavy (non-hydrogen) atoms. The van der Waals surface area contributed by atoms with E-state index in [1.54, 1.807) is 13.3 Å². The molecule has 4 heterocycles. The zero-order chi connectivity index (χ0) is 18.6. The molecule has 0 aromatic carbocycles. The van der Waals surface area contributed by atoms with Crippen molar-refractivity contribution < 1.29 is 18.6 Å². The fourth-order valence-corrected chi connectivity index (χ4v) is 3.68. The Morgan fingerprint density at radius 3 is 2.73 bits per heavy atom. The molecule has 2 aliphatic heterocycles. The van der Waals surface area contributed by atoms with Crippen molar-refractivity contribution in [3.05, 3.63) is 35.5 Å². The number of fused-ring (bicyclic) bond motifs is 3. The third kappa shape index (κ3) is 2.14. The van der Waals surface area contributed by atoms with Crippen molar-refractivity contribution in [3.8, 4) is 0 Å². The van der Waals surface area contributed by atoms with Gasteiger partial charge in [0.25, 0.3) is 5.91 Å². The summed E-state index contributed by atoms with van der Waals surface area (Å²) in [5, 5.41) is 0. The summed E-state index contributed by atoms with van der Waals surface area (Å²) in [6.45, 7) is 6.87. The van der Waals surface area contributed by atoms with Crippen molar-refractivity contribution in [1.82, 2.24) is 14.4 Å². The van der Waals surface area contributed by atoms with Crippen LogP contribution in [0, 0.1) is 13.8 Å². The highest BCUT2D eigenvalue weighted by Gasteiger charge is 2.53. The number of imide groups is 1. The largest absolute Gasteiger partial charge is 0.466 e. The van der Waals surface area contributed by atoms with Gasteiger partial charge in [0.05, 0.1) is 6.26 Å². The van der Waals surface area contributed by atoms with E-state index in [9.17, 15) is 9.59 Å². The molecule has 0 radical (unpaired) electrons. The molecular weight excluding hydrogens is 334 g/mol. The van der Waals surface area contributed by atoms with Gasteiger partial charge in [-0.2, -0.15) is 0 Å². The summed E-state index contributed by atoms with van der Waals surface area (Å²) in [6, 6.07) is 2.85. The Balaban J connectivity index is 1.83. The van der Waals surface area contributed by atoms with Crippen molar-refractivity contribution >= 4 is 23.7 Å². The van der Waals surface area contributed by atoms with Crippen molar-refractivity contribution in [3.63, 3.8) is 0 Å². The van der Waals surface area contributed by atoms with E-state index in [-0.39, 0.29) is 11.9 Å². The first-order chi connectivity index (χ1) is 12.5. The zero-order valence-corrected chi connectivity index (χ0v) is 15.4. The number of aliphatic imine (C=N–C) groups is 1. The van der Waals surface area contributed by atoms with Crippen LogP contribution in [0.4, 0.5) is 10.7 Å². The number of imidazole rings is 1. The summed E-state index contributed by atoms with van der Waals surface area (Å²) < 4.78 is 9.43. The van der Waals surface area contributed by atoms with Crippen LogP contribution in [0.5, 0.6) is 0 Å². The van der Waals surface area contributed by atoms with Crippen LogP contribution >= 0.6 is 0 Å². The lowest BCUT2D eigenvalue weighted by molar-refractivity contribution is -0.682. The molecule has 1 fully saturated rings. The van der Waals surface area contributed by atoms with E-state index in [0.29, 0.717) is 24.9 Å². The third-order valence-electron chi connectivity index (χ3n) is 5.17. The fourth-order valence-electron chi connectivity index (χ4n) is 3.68. The first-order valence-corrected chi connectivity index (χ1v) is 8.77. The monoisotopic (exact) mass is 356 g/mol. The van der Waals surface area contributed by atoms with Crippen molar-refractivity contribution in [2.75, 3.05) is 13.6 Å². The minimum Gasteiger partial charge on any atom is -0.466 e. The minimum atomic E-state index is -0.587. The lowest BCUT2D eigenvalue weighted by Crippen LogP contribution is -2.57. The van der Waals surface area contributed by atoms with Gasteiger partial charge in [0.2, 0.25) is 11.9 Å². The van der Waals surface area contributed by atoms with E-state index in [2.05, 4.69) is 4.99 Å². The molecule has 8 nitrogen and oxygen atoms in total. The van der Waals surface area contributed by atoms with Crippen LogP contribution in [0.3, 0.4) is 0 Å². The van der Waals surface area contributed by atoms with Crippen LogP contribution in [-0.2, 0) is 11.3 Å². The van der Waals surface area contributed by atoms with Gasteiger partial charge in [-0.05, 0) is 32.4 Å². The molecule has 136 valence electrons. The number of hydrogen-bond acceptors (Lipinski definition) is 4. The number of carbonyl (C=O) groups excluding carboxylic acids is 2. The van der Waals surface area contributed by atoms with Gasteiger partial charge in [0, 0.05) is 13.6 Å². The van der Waals surface area contributed by atoms with Gasteiger partial charge in [-0.3, -0.25) is 14.6 Å². The van der Waals surface area contributed by atoms with E-state index in [0.717, 1.165) is 23.6 Å². The van der Waals surface area contributed by atoms with Crippen molar-refractivity contribution in [1.29, 1.82) is 0 Å². The molecule has 0 bridgehead atoms. The van der Waals surface area contributed by atoms with Gasteiger partial charge < -0.3 is 4.42 Å². The maximum Gasteiger partial charge on any atom is 0.402 e. The first kappa shape index (κ1) is 16.6. The number of furan rings is 1. The number of nitrogens with zero attached hydrogens (tertiary/aromatic N) is 5. The number of carbonyl (C=O) groups is 2. The Labute approximate surface area is 151 Å². The van der Waals surface area contributed by atoms with Crippen LogP contribution in [0.2, 0.25) is 0 Å². The summed E-state index contributed by atoms with van der Waals surface area (Å²) in [6.07, 6.45) is 2.36. The number of rotatable bonds is 4. The lowest BCUT2D eigenvalue weighted by Gasteiger charge is -2.33. The Kier molecular flexibility index (Phi) is 3.71. The Morgan fingerprint density at radius 1 is 1.31 bits per heavy atom. The van der Waals surface area contributed by atoms with Crippen LogP contribution in [0.1, 0.15) is 36.5 Å². The van der Waals surface area contributed by atoms with Gasteiger partial charge >= 0.3 is 12.0 Å². The molecule has 0 aliphatic carbocycles. The standard InChI is InChI=1S/C18H22N5O3/c1-5-8-21-16(24)14-15(20(4)18(21)25)19-17-22(10-13-7-6-9-26-13)11(2)12(3)23(14)17/h6-7,9,14H,5,8,10H2,1-4H3/q+1. The molecule has 0 N–H and O–H groups in total.